The second-order valence-corrected chi connectivity index (χ2v) is 20.4. The second kappa shape index (κ2) is 44.7. The van der Waals surface area contributed by atoms with Crippen molar-refractivity contribution in [2.45, 2.75) is 213 Å². The third kappa shape index (κ3) is 35.1. The van der Waals surface area contributed by atoms with Crippen LogP contribution in [0.15, 0.2) is 54.8 Å². The molecule has 64 heavy (non-hydrogen) atoms. The normalized spacial score (nSPS) is 11.9. The predicted octanol–water partition coefficient (Wildman–Crippen LogP) is 16.4. The van der Waals surface area contributed by atoms with E-state index < -0.39 is 0 Å². The van der Waals surface area contributed by atoms with Crippen molar-refractivity contribution < 1.29 is 19.1 Å². The standard InChI is InChI=1S/C56H96N2O4S2/c1-3-5-7-9-11-13-15-17-19-21-23-25-27-29-31-35-47-63-49-45-61-55(59)40-43-58(42-39-52-51-57-54-38-34-33-37-53(52)54)44-41-56(60)62-46-50-64-48-36-32-30-28-26-24-22-20-18-16-14-12-10-8-6-4-2/h17-20,33-34,37-38,51,57H,3-16,21-32,35-36,39-50H2,1-2H3/b19-17+,20-18+. The molecule has 1 heterocycles. The van der Waals surface area contributed by atoms with Crippen LogP contribution in [0, 0.1) is 0 Å². The fraction of sp³-hybridized carbons (Fsp3) is 0.750. The van der Waals surface area contributed by atoms with Crippen LogP contribution in [0.4, 0.5) is 0 Å². The lowest BCUT2D eigenvalue weighted by Crippen LogP contribution is -2.31. The molecular weight excluding hydrogens is 829 g/mol. The van der Waals surface area contributed by atoms with E-state index in [4.69, 9.17) is 9.47 Å². The zero-order chi connectivity index (χ0) is 45.6. The van der Waals surface area contributed by atoms with E-state index in [1.54, 1.807) is 0 Å². The summed E-state index contributed by atoms with van der Waals surface area (Å²) in [6, 6.07) is 8.35. The summed E-state index contributed by atoms with van der Waals surface area (Å²) in [6.07, 6.45) is 50.4. The molecule has 0 aliphatic carbocycles. The molecule has 1 aromatic carbocycles. The number of rotatable bonds is 47. The predicted molar refractivity (Wildman–Crippen MR) is 283 cm³/mol. The molecule has 2 rings (SSSR count). The van der Waals surface area contributed by atoms with E-state index in [9.17, 15) is 9.59 Å². The van der Waals surface area contributed by atoms with E-state index in [1.807, 2.05) is 29.6 Å². The fourth-order valence-corrected chi connectivity index (χ4v) is 9.76. The van der Waals surface area contributed by atoms with Crippen LogP contribution in [0.2, 0.25) is 0 Å². The first-order valence-corrected chi connectivity index (χ1v) is 29.0. The van der Waals surface area contributed by atoms with Gasteiger partial charge in [0.15, 0.2) is 0 Å². The van der Waals surface area contributed by atoms with Gasteiger partial charge in [0.25, 0.3) is 0 Å². The van der Waals surface area contributed by atoms with Crippen molar-refractivity contribution in [3.05, 3.63) is 60.3 Å². The summed E-state index contributed by atoms with van der Waals surface area (Å²) in [5.41, 5.74) is 2.38. The number of hydrogen-bond acceptors (Lipinski definition) is 7. The summed E-state index contributed by atoms with van der Waals surface area (Å²) >= 11 is 3.78. The fourth-order valence-electron chi connectivity index (χ4n) is 8.13. The number of ether oxygens (including phenoxy) is 2. The molecule has 0 atom stereocenters. The van der Waals surface area contributed by atoms with Gasteiger partial charge in [-0.05, 0) is 93.8 Å². The van der Waals surface area contributed by atoms with Crippen LogP contribution in [0.25, 0.3) is 10.9 Å². The Hall–Kier alpha value is -2.16. The van der Waals surface area contributed by atoms with E-state index in [0.29, 0.717) is 39.1 Å². The molecule has 8 heteroatoms. The average molecular weight is 926 g/mol. The molecule has 1 aromatic heterocycles. The minimum absolute atomic E-state index is 0.156. The smallest absolute Gasteiger partial charge is 0.307 e. The van der Waals surface area contributed by atoms with Gasteiger partial charge in [0.1, 0.15) is 13.2 Å². The Morgan fingerprint density at radius 1 is 0.516 bits per heavy atom. The molecule has 0 saturated carbocycles. The highest BCUT2D eigenvalue weighted by Gasteiger charge is 2.14. The summed E-state index contributed by atoms with van der Waals surface area (Å²) < 4.78 is 11.2. The van der Waals surface area contributed by atoms with Crippen molar-refractivity contribution >= 4 is 46.4 Å². The number of carbonyl (C=O) groups excluding carboxylic acids is 2. The SMILES string of the molecule is CCCCCCCC/C=C/CCCCCCCCSCCOC(=O)CCN(CCC(=O)OCCSCCCCCCCC/C=C/CCCCCCCC)CCc1c[nH]c2ccccc12. The van der Waals surface area contributed by atoms with Gasteiger partial charge in [0.2, 0.25) is 0 Å². The van der Waals surface area contributed by atoms with Crippen molar-refractivity contribution in [1.29, 1.82) is 0 Å². The minimum atomic E-state index is -0.156. The summed E-state index contributed by atoms with van der Waals surface area (Å²) in [7, 11) is 0. The monoisotopic (exact) mass is 925 g/mol. The number of hydrogen-bond donors (Lipinski definition) is 1. The number of esters is 2. The Labute approximate surface area is 402 Å². The maximum absolute atomic E-state index is 12.7. The molecular formula is C56H96N2O4S2. The molecule has 6 nitrogen and oxygen atoms in total. The Morgan fingerprint density at radius 2 is 0.922 bits per heavy atom. The van der Waals surface area contributed by atoms with Crippen molar-refractivity contribution in [3.63, 3.8) is 0 Å². The van der Waals surface area contributed by atoms with Crippen molar-refractivity contribution in [2.75, 3.05) is 55.9 Å². The quantitative estimate of drug-likeness (QED) is 0.0403. The first kappa shape index (κ1) is 58.0. The zero-order valence-corrected chi connectivity index (χ0v) is 43.0. The van der Waals surface area contributed by atoms with Gasteiger partial charge in [-0.3, -0.25) is 9.59 Å². The molecule has 0 spiro atoms. The largest absolute Gasteiger partial charge is 0.465 e. The van der Waals surface area contributed by atoms with Crippen LogP contribution in [0.1, 0.15) is 212 Å². The highest BCUT2D eigenvalue weighted by atomic mass is 32.2. The van der Waals surface area contributed by atoms with Gasteiger partial charge in [-0.2, -0.15) is 23.5 Å². The highest BCUT2D eigenvalue weighted by molar-refractivity contribution is 7.99. The number of aromatic amines is 1. The molecule has 0 unspecified atom stereocenters. The maximum atomic E-state index is 12.7. The van der Waals surface area contributed by atoms with E-state index >= 15 is 0 Å². The lowest BCUT2D eigenvalue weighted by Gasteiger charge is -2.21. The molecule has 2 aromatic rings. The third-order valence-electron chi connectivity index (χ3n) is 12.2. The maximum Gasteiger partial charge on any atom is 0.307 e. The van der Waals surface area contributed by atoms with Crippen molar-refractivity contribution in [3.8, 4) is 0 Å². The van der Waals surface area contributed by atoms with Gasteiger partial charge in [-0.1, -0.05) is 172 Å². The third-order valence-corrected chi connectivity index (χ3v) is 14.3. The molecule has 0 fully saturated rings. The molecule has 0 aliphatic heterocycles. The minimum Gasteiger partial charge on any atom is -0.465 e. The van der Waals surface area contributed by atoms with Gasteiger partial charge in [0, 0.05) is 48.2 Å². The zero-order valence-electron chi connectivity index (χ0n) is 41.4. The van der Waals surface area contributed by atoms with Gasteiger partial charge < -0.3 is 19.4 Å². The van der Waals surface area contributed by atoms with Crippen LogP contribution in [-0.4, -0.2) is 77.7 Å². The molecule has 0 radical (unpaired) electrons. The number of nitrogens with one attached hydrogen (secondary N) is 1. The molecule has 0 amide bonds. The lowest BCUT2D eigenvalue weighted by molar-refractivity contribution is -0.143. The number of benzene rings is 1. The molecule has 0 saturated heterocycles. The van der Waals surface area contributed by atoms with E-state index in [0.717, 1.165) is 41.5 Å². The Morgan fingerprint density at radius 3 is 1.38 bits per heavy atom. The molecule has 366 valence electrons. The first-order valence-electron chi connectivity index (χ1n) is 26.7. The number of carbonyl (C=O) groups is 2. The highest BCUT2D eigenvalue weighted by Crippen LogP contribution is 2.19. The second-order valence-electron chi connectivity index (χ2n) is 18.0. The Bertz CT molecular complexity index is 1340. The summed E-state index contributed by atoms with van der Waals surface area (Å²) in [5.74, 6) is 3.65. The van der Waals surface area contributed by atoms with E-state index in [2.05, 4.69) is 72.4 Å². The van der Waals surface area contributed by atoms with Gasteiger partial charge in [-0.25, -0.2) is 0 Å². The van der Waals surface area contributed by atoms with Gasteiger partial charge in [0.05, 0.1) is 12.8 Å². The lowest BCUT2D eigenvalue weighted by atomic mass is 10.1. The van der Waals surface area contributed by atoms with Crippen LogP contribution < -0.4 is 0 Å². The van der Waals surface area contributed by atoms with Crippen LogP contribution in [0.3, 0.4) is 0 Å². The number of nitrogens with zero attached hydrogens (tertiary/aromatic N) is 1. The van der Waals surface area contributed by atoms with Crippen LogP contribution in [-0.2, 0) is 25.5 Å². The number of fused-ring (bicyclic) bond motifs is 1. The summed E-state index contributed by atoms with van der Waals surface area (Å²) in [4.78, 5) is 31.0. The number of unbranched alkanes of at least 4 members (excludes halogenated alkanes) is 24. The topological polar surface area (TPSA) is 71.6 Å². The number of aromatic nitrogens is 1. The molecule has 1 N–H and O–H groups in total. The van der Waals surface area contributed by atoms with Crippen LogP contribution >= 0.6 is 23.5 Å². The number of para-hydroxylation sites is 1. The van der Waals surface area contributed by atoms with Gasteiger partial charge >= 0.3 is 11.9 Å². The van der Waals surface area contributed by atoms with Crippen LogP contribution in [0.5, 0.6) is 0 Å². The molecule has 0 aliphatic rings. The molecule has 0 bridgehead atoms. The number of thioether (sulfide) groups is 2. The number of H-pyrrole nitrogens is 1. The van der Waals surface area contributed by atoms with Crippen molar-refractivity contribution in [2.24, 2.45) is 0 Å². The van der Waals surface area contributed by atoms with Crippen molar-refractivity contribution in [1.82, 2.24) is 9.88 Å². The Kier molecular flexibility index (Phi) is 40.5. The summed E-state index contributed by atoms with van der Waals surface area (Å²) in [6.45, 7) is 7.40. The van der Waals surface area contributed by atoms with E-state index in [-0.39, 0.29) is 11.9 Å². The summed E-state index contributed by atoms with van der Waals surface area (Å²) in [5, 5.41) is 1.23. The first-order chi connectivity index (χ1) is 31.6. The number of allylic oxidation sites excluding steroid dienone is 4. The van der Waals surface area contributed by atoms with Gasteiger partial charge in [-0.15, -0.1) is 0 Å². The van der Waals surface area contributed by atoms with E-state index in [1.165, 1.54) is 191 Å². The Balaban J connectivity index is 1.49. The average Bonchev–Trinajstić information content (AvgIpc) is 3.73.